The van der Waals surface area contributed by atoms with Crippen LogP contribution in [0.1, 0.15) is 24.0 Å². The van der Waals surface area contributed by atoms with Crippen molar-refractivity contribution in [2.75, 3.05) is 6.16 Å². The monoisotopic (exact) mass is 390 g/mol. The van der Waals surface area contributed by atoms with Gasteiger partial charge >= 0.3 is 11.9 Å². The Bertz CT molecular complexity index is 748. The summed E-state index contributed by atoms with van der Waals surface area (Å²) in [5.41, 5.74) is 1.69. The van der Waals surface area contributed by atoms with Gasteiger partial charge in [0.1, 0.15) is 13.2 Å². The number of hydrogen-bond donors (Lipinski definition) is 1. The molecule has 0 aliphatic heterocycles. The van der Waals surface area contributed by atoms with Crippen LogP contribution < -0.4 is 0 Å². The van der Waals surface area contributed by atoms with Gasteiger partial charge in [0.2, 0.25) is 0 Å². The number of carbonyl (C=O) groups is 2. The van der Waals surface area contributed by atoms with Crippen molar-refractivity contribution in [2.45, 2.75) is 26.1 Å². The number of benzene rings is 2. The summed E-state index contributed by atoms with van der Waals surface area (Å²) in [4.78, 5) is 33.3. The molecule has 0 amide bonds. The Hall–Kier alpha value is -2.43. The number of hydrogen-bond acceptors (Lipinski definition) is 5. The maximum absolute atomic E-state index is 12.2. The standard InChI is InChI=1S/C20H23O6P/c21-19(25-13-16-7-3-1-4-8-16)12-11-18(15-27(23)24)20(22)26-14-17-9-5-2-6-10-17/h1-10,18,27H,11-15H2,(H,23,24). The minimum Gasteiger partial charge on any atom is -0.461 e. The van der Waals surface area contributed by atoms with E-state index >= 15 is 0 Å². The molecule has 2 rings (SSSR count). The zero-order valence-corrected chi connectivity index (χ0v) is 15.9. The maximum Gasteiger partial charge on any atom is 0.309 e. The van der Waals surface area contributed by atoms with Gasteiger partial charge in [-0.3, -0.25) is 14.2 Å². The lowest BCUT2D eigenvalue weighted by Gasteiger charge is -2.14. The highest BCUT2D eigenvalue weighted by Crippen LogP contribution is 2.23. The molecule has 0 saturated carbocycles. The van der Waals surface area contributed by atoms with E-state index in [-0.39, 0.29) is 32.2 Å². The van der Waals surface area contributed by atoms with Crippen molar-refractivity contribution in [3.05, 3.63) is 71.8 Å². The summed E-state index contributed by atoms with van der Waals surface area (Å²) in [6.45, 7) is 0.236. The van der Waals surface area contributed by atoms with Gasteiger partial charge in [0, 0.05) is 12.6 Å². The second-order valence-corrected chi connectivity index (χ2v) is 7.27. The molecule has 2 unspecified atom stereocenters. The third kappa shape index (κ3) is 8.20. The Balaban J connectivity index is 1.81. The quantitative estimate of drug-likeness (QED) is 0.494. The van der Waals surface area contributed by atoms with Gasteiger partial charge in [-0.15, -0.1) is 0 Å². The lowest BCUT2D eigenvalue weighted by molar-refractivity contribution is -0.150. The second-order valence-electron chi connectivity index (χ2n) is 6.07. The SMILES string of the molecule is O=C(CCC(C[PH](=O)O)C(=O)OCc1ccccc1)OCc1ccccc1. The highest BCUT2D eigenvalue weighted by Gasteiger charge is 2.23. The van der Waals surface area contributed by atoms with Gasteiger partial charge in [0.25, 0.3) is 0 Å². The molecule has 7 heteroatoms. The maximum atomic E-state index is 12.2. The molecule has 0 aliphatic rings. The first-order valence-electron chi connectivity index (χ1n) is 8.66. The molecule has 2 aromatic rings. The summed E-state index contributed by atoms with van der Waals surface area (Å²) in [6.07, 6.45) is -0.116. The molecule has 144 valence electrons. The van der Waals surface area contributed by atoms with Crippen LogP contribution in [0.4, 0.5) is 0 Å². The van der Waals surface area contributed by atoms with Crippen LogP contribution in [0.5, 0.6) is 0 Å². The molecule has 0 heterocycles. The molecular formula is C20H23O6P. The van der Waals surface area contributed by atoms with Crippen molar-refractivity contribution in [3.63, 3.8) is 0 Å². The van der Waals surface area contributed by atoms with Gasteiger partial charge in [0.05, 0.1) is 5.92 Å². The molecule has 0 bridgehead atoms. The van der Waals surface area contributed by atoms with E-state index < -0.39 is 25.9 Å². The van der Waals surface area contributed by atoms with Gasteiger partial charge in [-0.1, -0.05) is 60.7 Å². The molecule has 0 saturated heterocycles. The molecule has 27 heavy (non-hydrogen) atoms. The van der Waals surface area contributed by atoms with Crippen LogP contribution in [0, 0.1) is 5.92 Å². The van der Waals surface area contributed by atoms with Crippen LogP contribution >= 0.6 is 8.03 Å². The summed E-state index contributed by atoms with van der Waals surface area (Å²) in [5.74, 6) is -1.85. The molecule has 0 radical (unpaired) electrons. The number of ether oxygens (including phenoxy) is 2. The summed E-state index contributed by atoms with van der Waals surface area (Å²) >= 11 is 0. The predicted molar refractivity (Wildman–Crippen MR) is 101 cm³/mol. The number of carbonyl (C=O) groups excluding carboxylic acids is 2. The van der Waals surface area contributed by atoms with Crippen LogP contribution in [-0.4, -0.2) is 23.0 Å². The number of rotatable bonds is 10. The van der Waals surface area contributed by atoms with Crippen molar-refractivity contribution in [2.24, 2.45) is 5.92 Å². The molecule has 2 aromatic carbocycles. The third-order valence-corrected chi connectivity index (χ3v) is 4.76. The molecule has 0 fully saturated rings. The molecule has 0 spiro atoms. The largest absolute Gasteiger partial charge is 0.461 e. The van der Waals surface area contributed by atoms with Crippen LogP contribution in [0.2, 0.25) is 0 Å². The van der Waals surface area contributed by atoms with E-state index in [1.165, 1.54) is 0 Å². The molecule has 1 N–H and O–H groups in total. The first-order chi connectivity index (χ1) is 13.0. The fourth-order valence-corrected chi connectivity index (χ4v) is 3.26. The van der Waals surface area contributed by atoms with E-state index in [0.717, 1.165) is 11.1 Å². The fourth-order valence-electron chi connectivity index (χ4n) is 2.46. The van der Waals surface area contributed by atoms with E-state index in [9.17, 15) is 19.0 Å². The topological polar surface area (TPSA) is 89.9 Å². The van der Waals surface area contributed by atoms with Crippen LogP contribution in [0.25, 0.3) is 0 Å². The van der Waals surface area contributed by atoms with E-state index in [2.05, 4.69) is 0 Å². The zero-order chi connectivity index (χ0) is 19.5. The molecule has 6 nitrogen and oxygen atoms in total. The summed E-state index contributed by atoms with van der Waals surface area (Å²) < 4.78 is 21.6. The van der Waals surface area contributed by atoms with E-state index in [4.69, 9.17) is 9.47 Å². The highest BCUT2D eigenvalue weighted by atomic mass is 31.1. The van der Waals surface area contributed by atoms with Gasteiger partial charge < -0.3 is 14.4 Å². The Morgan fingerprint density at radius 3 is 1.93 bits per heavy atom. The van der Waals surface area contributed by atoms with Crippen LogP contribution in [-0.2, 0) is 36.8 Å². The average molecular weight is 390 g/mol. The van der Waals surface area contributed by atoms with E-state index in [1.807, 2.05) is 60.7 Å². The van der Waals surface area contributed by atoms with Gasteiger partial charge in [-0.05, 0) is 17.5 Å². The minimum atomic E-state index is -2.86. The smallest absolute Gasteiger partial charge is 0.309 e. The Kier molecular flexibility index (Phi) is 8.75. The molecular weight excluding hydrogens is 367 g/mol. The van der Waals surface area contributed by atoms with Gasteiger partial charge in [-0.2, -0.15) is 0 Å². The summed E-state index contributed by atoms with van der Waals surface area (Å²) in [7, 11) is -2.86. The number of esters is 2. The van der Waals surface area contributed by atoms with E-state index in [1.54, 1.807) is 0 Å². The highest BCUT2D eigenvalue weighted by molar-refractivity contribution is 7.38. The lowest BCUT2D eigenvalue weighted by atomic mass is 10.1. The van der Waals surface area contributed by atoms with Gasteiger partial charge in [-0.25, -0.2) is 0 Å². The van der Waals surface area contributed by atoms with Crippen molar-refractivity contribution in [1.82, 2.24) is 0 Å². The molecule has 0 aliphatic carbocycles. The zero-order valence-electron chi connectivity index (χ0n) is 14.9. The van der Waals surface area contributed by atoms with Crippen molar-refractivity contribution < 1.29 is 28.5 Å². The lowest BCUT2D eigenvalue weighted by Crippen LogP contribution is -2.21. The van der Waals surface area contributed by atoms with Crippen molar-refractivity contribution in [3.8, 4) is 0 Å². The minimum absolute atomic E-state index is 0.0208. The molecule has 0 aromatic heterocycles. The fraction of sp³-hybridized carbons (Fsp3) is 0.300. The second kappa shape index (κ2) is 11.3. The van der Waals surface area contributed by atoms with Crippen molar-refractivity contribution >= 4 is 20.0 Å². The van der Waals surface area contributed by atoms with Gasteiger partial charge in [0.15, 0.2) is 8.03 Å². The Labute approximate surface area is 159 Å². The van der Waals surface area contributed by atoms with Crippen LogP contribution in [0.3, 0.4) is 0 Å². The first-order valence-corrected chi connectivity index (χ1v) is 10.2. The average Bonchev–Trinajstić information content (AvgIpc) is 2.69. The van der Waals surface area contributed by atoms with E-state index in [0.29, 0.717) is 0 Å². The summed E-state index contributed by atoms with van der Waals surface area (Å²) in [5, 5.41) is 0. The Morgan fingerprint density at radius 2 is 1.41 bits per heavy atom. The van der Waals surface area contributed by atoms with Crippen molar-refractivity contribution in [1.29, 1.82) is 0 Å². The molecule has 2 atom stereocenters. The normalized spacial score (nSPS) is 12.8. The third-order valence-electron chi connectivity index (χ3n) is 3.92. The predicted octanol–water partition coefficient (Wildman–Crippen LogP) is 3.34. The Morgan fingerprint density at radius 1 is 0.889 bits per heavy atom. The summed E-state index contributed by atoms with van der Waals surface area (Å²) in [6, 6.07) is 18.4. The first kappa shape index (κ1) is 20.9. The van der Waals surface area contributed by atoms with Crippen LogP contribution in [0.15, 0.2) is 60.7 Å².